The second-order valence-electron chi connectivity index (χ2n) is 7.01. The first-order valence-corrected chi connectivity index (χ1v) is 9.34. The number of alkyl halides is 2. The van der Waals surface area contributed by atoms with Crippen molar-refractivity contribution in [2.45, 2.75) is 39.6 Å². The lowest BCUT2D eigenvalue weighted by Gasteiger charge is -2.30. The molecule has 1 aliphatic heterocycles. The van der Waals surface area contributed by atoms with Crippen LogP contribution in [0.3, 0.4) is 0 Å². The minimum Gasteiger partial charge on any atom is -0.429 e. The zero-order valence-corrected chi connectivity index (χ0v) is 16.2. The van der Waals surface area contributed by atoms with E-state index in [4.69, 9.17) is 14.7 Å². The van der Waals surface area contributed by atoms with E-state index in [1.54, 1.807) is 0 Å². The third-order valence-electron chi connectivity index (χ3n) is 4.66. The molecule has 10 heteroatoms. The first kappa shape index (κ1) is 25.5. The van der Waals surface area contributed by atoms with Crippen LogP contribution in [0, 0.1) is 40.5 Å². The topological polar surface area (TPSA) is 51.5 Å². The molecule has 2 aromatic carbocycles. The smallest absolute Gasteiger partial charge is 0.429 e. The van der Waals surface area contributed by atoms with Gasteiger partial charge in [0.1, 0.15) is 46.2 Å². The summed E-state index contributed by atoms with van der Waals surface area (Å²) >= 11 is 0. The molecule has 2 aromatic rings. The van der Waals surface area contributed by atoms with Crippen molar-refractivity contribution in [3.8, 4) is 11.8 Å². The average Bonchev–Trinajstić information content (AvgIpc) is 2.67. The van der Waals surface area contributed by atoms with E-state index in [0.29, 0.717) is 37.5 Å². The minimum atomic E-state index is -4.61. The van der Waals surface area contributed by atoms with Crippen molar-refractivity contribution in [2.24, 2.45) is 5.92 Å². The van der Waals surface area contributed by atoms with Gasteiger partial charge in [0.25, 0.3) is 0 Å². The van der Waals surface area contributed by atoms with Gasteiger partial charge in [0.05, 0.1) is 13.2 Å². The molecule has 0 aromatic heterocycles. The Balaban J connectivity index is 0.00000363. The molecule has 1 saturated heterocycles. The molecule has 0 radical (unpaired) electrons. The van der Waals surface area contributed by atoms with Crippen molar-refractivity contribution in [2.75, 3.05) is 13.2 Å². The normalized spacial score (nSPS) is 18.6. The predicted octanol–water partition coefficient (Wildman–Crippen LogP) is 6.34. The molecule has 1 fully saturated rings. The number of ether oxygens (including phenoxy) is 3. The SMILES string of the molecule is C.CCCC1COC(c2cc(F)c(C(F)(F)Oc3cc(F)c(C#N)c(F)c3)c(F)c2)OC1. The van der Waals surface area contributed by atoms with Crippen LogP contribution < -0.4 is 4.74 Å². The molecule has 1 aliphatic rings. The highest BCUT2D eigenvalue weighted by Crippen LogP contribution is 2.38. The summed E-state index contributed by atoms with van der Waals surface area (Å²) in [4.78, 5) is 0. The quantitative estimate of drug-likeness (QED) is 0.471. The molecule has 3 rings (SSSR count). The summed E-state index contributed by atoms with van der Waals surface area (Å²) < 4.78 is 100. The number of hydrogen-bond acceptors (Lipinski definition) is 4. The van der Waals surface area contributed by atoms with E-state index >= 15 is 0 Å². The fourth-order valence-corrected chi connectivity index (χ4v) is 3.23. The summed E-state index contributed by atoms with van der Waals surface area (Å²) in [7, 11) is 0. The molecule has 32 heavy (non-hydrogen) atoms. The van der Waals surface area contributed by atoms with Crippen LogP contribution in [0.15, 0.2) is 24.3 Å². The first-order chi connectivity index (χ1) is 14.7. The Kier molecular flexibility index (Phi) is 8.15. The summed E-state index contributed by atoms with van der Waals surface area (Å²) in [5, 5.41) is 8.61. The van der Waals surface area contributed by atoms with Gasteiger partial charge in [-0.15, -0.1) is 0 Å². The van der Waals surface area contributed by atoms with Crippen LogP contribution >= 0.6 is 0 Å². The van der Waals surface area contributed by atoms with E-state index in [-0.39, 0.29) is 18.9 Å². The molecule has 0 saturated carbocycles. The number of nitriles is 1. The molecule has 0 atom stereocenters. The maximum absolute atomic E-state index is 14.4. The van der Waals surface area contributed by atoms with Gasteiger partial charge in [0, 0.05) is 23.6 Å². The highest BCUT2D eigenvalue weighted by molar-refractivity contribution is 5.38. The van der Waals surface area contributed by atoms with Gasteiger partial charge in [-0.25, -0.2) is 17.6 Å². The van der Waals surface area contributed by atoms with E-state index in [9.17, 15) is 26.3 Å². The highest BCUT2D eigenvalue weighted by Gasteiger charge is 2.42. The molecule has 4 nitrogen and oxygen atoms in total. The lowest BCUT2D eigenvalue weighted by Crippen LogP contribution is -2.28. The maximum Gasteiger partial charge on any atom is 0.432 e. The molecule has 174 valence electrons. The fourth-order valence-electron chi connectivity index (χ4n) is 3.23. The van der Waals surface area contributed by atoms with E-state index in [0.717, 1.165) is 12.8 Å². The zero-order valence-electron chi connectivity index (χ0n) is 16.2. The molecule has 0 amide bonds. The second-order valence-corrected chi connectivity index (χ2v) is 7.01. The van der Waals surface area contributed by atoms with Gasteiger partial charge >= 0.3 is 6.11 Å². The van der Waals surface area contributed by atoms with Gasteiger partial charge in [0.2, 0.25) is 0 Å². The van der Waals surface area contributed by atoms with E-state index in [1.807, 2.05) is 6.92 Å². The number of halogens is 6. The van der Waals surface area contributed by atoms with Gasteiger partial charge in [-0.3, -0.25) is 0 Å². The van der Waals surface area contributed by atoms with Crippen LogP contribution in [0.5, 0.6) is 5.75 Å². The van der Waals surface area contributed by atoms with Gasteiger partial charge < -0.3 is 14.2 Å². The van der Waals surface area contributed by atoms with Crippen LogP contribution in [-0.2, 0) is 15.6 Å². The van der Waals surface area contributed by atoms with E-state index < -0.39 is 52.5 Å². The summed E-state index contributed by atoms with van der Waals surface area (Å²) in [5.41, 5.74) is -2.90. The van der Waals surface area contributed by atoms with Crippen LogP contribution in [0.2, 0.25) is 0 Å². The predicted molar refractivity (Wildman–Crippen MR) is 102 cm³/mol. The van der Waals surface area contributed by atoms with Gasteiger partial charge in [-0.1, -0.05) is 20.8 Å². The van der Waals surface area contributed by atoms with Crippen LogP contribution in [-0.4, -0.2) is 13.2 Å². The van der Waals surface area contributed by atoms with Crippen molar-refractivity contribution in [3.63, 3.8) is 0 Å². The monoisotopic (exact) mass is 461 g/mol. The van der Waals surface area contributed by atoms with Crippen LogP contribution in [0.25, 0.3) is 0 Å². The van der Waals surface area contributed by atoms with Crippen molar-refractivity contribution < 1.29 is 40.6 Å². The summed E-state index contributed by atoms with van der Waals surface area (Å²) in [6.45, 7) is 2.57. The maximum atomic E-state index is 14.4. The molecule has 0 N–H and O–H groups in total. The third-order valence-corrected chi connectivity index (χ3v) is 4.66. The summed E-state index contributed by atoms with van der Waals surface area (Å²) in [5.74, 6) is -7.16. The van der Waals surface area contributed by atoms with E-state index in [1.165, 1.54) is 6.07 Å². The molecule has 0 unspecified atom stereocenters. The molecule has 1 heterocycles. The van der Waals surface area contributed by atoms with Crippen molar-refractivity contribution >= 4 is 0 Å². The van der Waals surface area contributed by atoms with Crippen molar-refractivity contribution in [1.82, 2.24) is 0 Å². The number of rotatable bonds is 6. The molecule has 0 spiro atoms. The number of benzene rings is 2. The van der Waals surface area contributed by atoms with Gasteiger partial charge in [-0.2, -0.15) is 14.0 Å². The summed E-state index contributed by atoms with van der Waals surface area (Å²) in [6.07, 6.45) is -3.99. The molecular weight excluding hydrogens is 440 g/mol. The lowest BCUT2D eigenvalue weighted by molar-refractivity contribution is -0.206. The summed E-state index contributed by atoms with van der Waals surface area (Å²) in [6, 6.07) is 3.10. The molecular formula is C22H21F6NO3. The second kappa shape index (κ2) is 10.2. The Morgan fingerprint density at radius 2 is 1.53 bits per heavy atom. The standard InChI is InChI=1S/C21H17F6NO3.CH4/c1-2-3-11-9-29-20(30-10-11)12-4-17(24)19(18(25)5-12)21(26,27)31-13-6-15(22)14(8-28)16(23)7-13;/h4-7,11,20H,2-3,9-10H2,1H3;1H4. The van der Waals surface area contributed by atoms with Gasteiger partial charge in [0.15, 0.2) is 6.29 Å². The Bertz CT molecular complexity index is 954. The highest BCUT2D eigenvalue weighted by atomic mass is 19.3. The Morgan fingerprint density at radius 3 is 2.00 bits per heavy atom. The van der Waals surface area contributed by atoms with E-state index in [2.05, 4.69) is 4.74 Å². The molecule has 0 aliphatic carbocycles. The Hall–Kier alpha value is -2.77. The Morgan fingerprint density at radius 1 is 1.00 bits per heavy atom. The third kappa shape index (κ3) is 5.34. The first-order valence-electron chi connectivity index (χ1n) is 9.34. The average molecular weight is 461 g/mol. The lowest BCUT2D eigenvalue weighted by atomic mass is 10.0. The van der Waals surface area contributed by atoms with Crippen molar-refractivity contribution in [3.05, 3.63) is 64.2 Å². The van der Waals surface area contributed by atoms with Crippen LogP contribution in [0.1, 0.15) is 50.2 Å². The number of nitrogens with zero attached hydrogens (tertiary/aromatic N) is 1. The Labute approximate surface area is 181 Å². The minimum absolute atomic E-state index is 0. The zero-order chi connectivity index (χ0) is 22.8. The van der Waals surface area contributed by atoms with Gasteiger partial charge in [-0.05, 0) is 18.6 Å². The largest absolute Gasteiger partial charge is 0.432 e. The van der Waals surface area contributed by atoms with Crippen molar-refractivity contribution in [1.29, 1.82) is 5.26 Å². The van der Waals surface area contributed by atoms with Crippen LogP contribution in [0.4, 0.5) is 26.3 Å². The number of hydrogen-bond donors (Lipinski definition) is 0. The fraction of sp³-hybridized carbons (Fsp3) is 0.409. The molecule has 0 bridgehead atoms.